The van der Waals surface area contributed by atoms with E-state index in [1.165, 1.54) is 15.8 Å². The van der Waals surface area contributed by atoms with E-state index in [2.05, 4.69) is 4.99 Å². The third-order valence-electron chi connectivity index (χ3n) is 1.43. The number of rotatable bonds is 0. The van der Waals surface area contributed by atoms with E-state index in [4.69, 9.17) is 23.4 Å². The normalized spacial score (nSPS) is 15.3. The first-order valence-electron chi connectivity index (χ1n) is 3.00. The van der Waals surface area contributed by atoms with Gasteiger partial charge in [-0.05, 0) is 0 Å². The van der Waals surface area contributed by atoms with E-state index in [0.29, 0.717) is 6.54 Å². The van der Waals surface area contributed by atoms with Crippen molar-refractivity contribution in [1.82, 2.24) is 4.42 Å². The van der Waals surface area contributed by atoms with E-state index in [-0.39, 0.29) is 0 Å². The van der Waals surface area contributed by atoms with Gasteiger partial charge in [0.05, 0.1) is 11.6 Å². The van der Waals surface area contributed by atoms with E-state index in [0.717, 1.165) is 15.6 Å². The molecule has 0 bridgehead atoms. The molecule has 0 saturated carbocycles. The predicted octanol–water partition coefficient (Wildman–Crippen LogP) is 3.03. The monoisotopic (exact) mass is 206 g/mol. The molecule has 2 heterocycles. The van der Waals surface area contributed by atoms with Crippen molar-refractivity contribution in [1.29, 1.82) is 0 Å². The first-order valence-corrected chi connectivity index (χ1v) is 4.59. The van der Waals surface area contributed by atoms with Crippen molar-refractivity contribution in [3.8, 4) is 0 Å². The Hall–Kier alpha value is -0.250. The summed E-state index contributed by atoms with van der Waals surface area (Å²) in [5.74, 6) is 0. The van der Waals surface area contributed by atoms with Crippen LogP contribution in [0.15, 0.2) is 10.4 Å². The quantitative estimate of drug-likeness (QED) is 0.597. The number of halogens is 2. The van der Waals surface area contributed by atoms with Gasteiger partial charge < -0.3 is 0 Å². The van der Waals surface area contributed by atoms with Crippen LogP contribution >= 0.6 is 34.7 Å². The lowest BCUT2D eigenvalue weighted by Gasteiger charge is -2.13. The van der Waals surface area contributed by atoms with Gasteiger partial charge in [-0.25, -0.2) is 4.99 Å². The van der Waals surface area contributed by atoms with Crippen molar-refractivity contribution < 1.29 is 0 Å². The van der Waals surface area contributed by atoms with Crippen LogP contribution in [0.3, 0.4) is 0 Å². The average molecular weight is 207 g/mol. The molecular weight excluding hydrogens is 203 g/mol. The number of hydrogen-bond acceptors (Lipinski definition) is 3. The summed E-state index contributed by atoms with van der Waals surface area (Å²) in [5.41, 5.74) is 1.02. The van der Waals surface area contributed by atoms with Gasteiger partial charge in [-0.2, -0.15) is 0 Å². The van der Waals surface area contributed by atoms with Crippen molar-refractivity contribution in [3.05, 3.63) is 16.0 Å². The largest absolute Gasteiger partial charge is 0.270 e. The Balaban J connectivity index is 2.48. The van der Waals surface area contributed by atoms with Crippen LogP contribution in [-0.4, -0.2) is 10.8 Å². The fraction of sp³-hybridized carbons (Fsp3) is 0.167. The van der Waals surface area contributed by atoms with Gasteiger partial charge in [0.15, 0.2) is 0 Å². The molecule has 0 amide bonds. The van der Waals surface area contributed by atoms with E-state index >= 15 is 0 Å². The summed E-state index contributed by atoms with van der Waals surface area (Å²) in [6.45, 7) is 0.642. The zero-order chi connectivity index (χ0) is 7.84. The molecule has 58 valence electrons. The van der Waals surface area contributed by atoms with Crippen LogP contribution in [0, 0.1) is 0 Å². The summed E-state index contributed by atoms with van der Waals surface area (Å²) >= 11 is 13.1. The smallest absolute Gasteiger partial charge is 0.124 e. The number of hydrogen-bond donors (Lipinski definition) is 0. The van der Waals surface area contributed by atoms with Gasteiger partial charge in [-0.1, -0.05) is 11.6 Å². The summed E-state index contributed by atoms with van der Waals surface area (Å²) in [6.07, 6.45) is 1.59. The molecule has 0 spiro atoms. The van der Waals surface area contributed by atoms with Gasteiger partial charge in [0, 0.05) is 22.7 Å². The molecule has 1 aliphatic rings. The molecular formula is C6H4Cl2N2S. The molecule has 0 fully saturated rings. The molecule has 0 aliphatic carbocycles. The number of fused-ring (bicyclic) bond motifs is 1. The minimum atomic E-state index is 0.642. The Morgan fingerprint density at radius 1 is 1.64 bits per heavy atom. The topological polar surface area (TPSA) is 15.6 Å². The SMILES string of the molecule is Clc1csc2c1CN(Cl)C=N2. The molecule has 1 aromatic heterocycles. The molecule has 11 heavy (non-hydrogen) atoms. The lowest BCUT2D eigenvalue weighted by atomic mass is 10.3. The molecule has 0 radical (unpaired) electrons. The summed E-state index contributed by atoms with van der Waals surface area (Å²) in [6, 6.07) is 0. The van der Waals surface area contributed by atoms with E-state index in [9.17, 15) is 0 Å². The summed E-state index contributed by atoms with van der Waals surface area (Å²) in [5, 5.41) is 3.60. The number of nitrogens with zero attached hydrogens (tertiary/aromatic N) is 2. The summed E-state index contributed by atoms with van der Waals surface area (Å²) < 4.78 is 1.49. The molecule has 0 saturated heterocycles. The minimum absolute atomic E-state index is 0.642. The predicted molar refractivity (Wildman–Crippen MR) is 48.9 cm³/mol. The fourth-order valence-electron chi connectivity index (χ4n) is 0.910. The van der Waals surface area contributed by atoms with E-state index in [1.54, 1.807) is 6.34 Å². The molecule has 2 rings (SSSR count). The van der Waals surface area contributed by atoms with Crippen molar-refractivity contribution >= 4 is 46.1 Å². The molecule has 2 nitrogen and oxygen atoms in total. The van der Waals surface area contributed by atoms with Crippen LogP contribution in [0.25, 0.3) is 0 Å². The second-order valence-corrected chi connectivity index (χ2v) is 3.87. The third kappa shape index (κ3) is 1.24. The van der Waals surface area contributed by atoms with Crippen LogP contribution in [0.5, 0.6) is 0 Å². The van der Waals surface area contributed by atoms with Gasteiger partial charge >= 0.3 is 0 Å². The van der Waals surface area contributed by atoms with Gasteiger partial charge in [0.1, 0.15) is 11.3 Å². The average Bonchev–Trinajstić information content (AvgIpc) is 2.33. The Kier molecular flexibility index (Phi) is 1.79. The van der Waals surface area contributed by atoms with Crippen molar-refractivity contribution in [2.75, 3.05) is 0 Å². The van der Waals surface area contributed by atoms with Gasteiger partial charge in [-0.3, -0.25) is 4.42 Å². The summed E-state index contributed by atoms with van der Waals surface area (Å²) in [4.78, 5) is 4.10. The van der Waals surface area contributed by atoms with Crippen molar-refractivity contribution in [3.63, 3.8) is 0 Å². The van der Waals surface area contributed by atoms with Crippen LogP contribution in [0.4, 0.5) is 5.00 Å². The van der Waals surface area contributed by atoms with Crippen LogP contribution in [-0.2, 0) is 6.54 Å². The second-order valence-electron chi connectivity index (χ2n) is 2.17. The van der Waals surface area contributed by atoms with E-state index in [1.807, 2.05) is 5.38 Å². The first kappa shape index (κ1) is 7.40. The Morgan fingerprint density at radius 2 is 2.45 bits per heavy atom. The van der Waals surface area contributed by atoms with Gasteiger partial charge in [0.25, 0.3) is 0 Å². The number of thiophene rings is 1. The zero-order valence-corrected chi connectivity index (χ0v) is 7.75. The van der Waals surface area contributed by atoms with Gasteiger partial charge in [0.2, 0.25) is 0 Å². The lowest BCUT2D eigenvalue weighted by Crippen LogP contribution is -2.11. The standard InChI is InChI=1S/C6H4Cl2N2S/c7-5-2-11-6-4(5)1-10(8)3-9-6/h2-3H,1H2. The van der Waals surface area contributed by atoms with Crippen molar-refractivity contribution in [2.45, 2.75) is 6.54 Å². The Bertz CT molecular complexity index is 308. The highest BCUT2D eigenvalue weighted by Crippen LogP contribution is 2.37. The highest BCUT2D eigenvalue weighted by Gasteiger charge is 2.15. The Labute approximate surface area is 78.2 Å². The van der Waals surface area contributed by atoms with Crippen LogP contribution in [0.1, 0.15) is 5.56 Å². The highest BCUT2D eigenvalue weighted by atomic mass is 35.5. The molecule has 0 unspecified atom stereocenters. The van der Waals surface area contributed by atoms with Crippen LogP contribution < -0.4 is 0 Å². The molecule has 0 N–H and O–H groups in total. The maximum absolute atomic E-state index is 5.87. The number of aliphatic imine (C=N–C) groups is 1. The van der Waals surface area contributed by atoms with E-state index < -0.39 is 0 Å². The molecule has 0 atom stereocenters. The molecule has 1 aromatic rings. The Morgan fingerprint density at radius 3 is 3.27 bits per heavy atom. The minimum Gasteiger partial charge on any atom is -0.270 e. The molecule has 0 aromatic carbocycles. The summed E-state index contributed by atoms with van der Waals surface area (Å²) in [7, 11) is 0. The molecule has 5 heteroatoms. The lowest BCUT2D eigenvalue weighted by molar-refractivity contribution is 0.663. The zero-order valence-electron chi connectivity index (χ0n) is 5.42. The second kappa shape index (κ2) is 2.66. The first-order chi connectivity index (χ1) is 5.27. The maximum atomic E-state index is 5.87. The van der Waals surface area contributed by atoms with Crippen LogP contribution in [0.2, 0.25) is 5.02 Å². The van der Waals surface area contributed by atoms with Gasteiger partial charge in [-0.15, -0.1) is 11.3 Å². The fourth-order valence-corrected chi connectivity index (χ4v) is 2.19. The van der Waals surface area contributed by atoms with Crippen molar-refractivity contribution in [2.24, 2.45) is 4.99 Å². The third-order valence-corrected chi connectivity index (χ3v) is 3.03. The molecule has 1 aliphatic heterocycles. The highest BCUT2D eigenvalue weighted by molar-refractivity contribution is 7.14. The maximum Gasteiger partial charge on any atom is 0.124 e.